The van der Waals surface area contributed by atoms with Crippen LogP contribution in [0.1, 0.15) is 34.3 Å². The van der Waals surface area contributed by atoms with Crippen molar-refractivity contribution in [1.82, 2.24) is 4.98 Å². The van der Waals surface area contributed by atoms with Crippen LogP contribution in [0.4, 0.5) is 0 Å². The van der Waals surface area contributed by atoms with Gasteiger partial charge in [-0.3, -0.25) is 0 Å². The molecule has 0 spiro atoms. The summed E-state index contributed by atoms with van der Waals surface area (Å²) < 4.78 is 5.70. The van der Waals surface area contributed by atoms with Crippen molar-refractivity contribution in [1.29, 1.82) is 0 Å². The van der Waals surface area contributed by atoms with E-state index in [0.29, 0.717) is 19.1 Å². The Morgan fingerprint density at radius 3 is 2.74 bits per heavy atom. The van der Waals surface area contributed by atoms with Crippen LogP contribution in [0.15, 0.2) is 30.3 Å². The maximum absolute atomic E-state index is 5.79. The quantitative estimate of drug-likeness (QED) is 0.880. The van der Waals surface area contributed by atoms with Gasteiger partial charge in [-0.15, -0.1) is 11.3 Å². The third-order valence-electron chi connectivity index (χ3n) is 3.25. The van der Waals surface area contributed by atoms with Crippen LogP contribution in [0, 0.1) is 0 Å². The van der Waals surface area contributed by atoms with Crippen LogP contribution in [-0.2, 0) is 13.0 Å². The zero-order chi connectivity index (χ0) is 13.1. The molecule has 1 saturated carbocycles. The van der Waals surface area contributed by atoms with Gasteiger partial charge in [0.2, 0.25) is 0 Å². The van der Waals surface area contributed by atoms with Gasteiger partial charge in [0.15, 0.2) is 0 Å². The van der Waals surface area contributed by atoms with Gasteiger partial charge in [-0.1, -0.05) is 18.2 Å². The summed E-state index contributed by atoms with van der Waals surface area (Å²) in [7, 11) is 0. The zero-order valence-electron chi connectivity index (χ0n) is 10.8. The van der Waals surface area contributed by atoms with Gasteiger partial charge >= 0.3 is 0 Å². The first-order valence-electron chi connectivity index (χ1n) is 6.73. The molecule has 2 N–H and O–H groups in total. The summed E-state index contributed by atoms with van der Waals surface area (Å²) in [5.74, 6) is 1.60. The van der Waals surface area contributed by atoms with Crippen molar-refractivity contribution in [2.24, 2.45) is 5.73 Å². The Morgan fingerprint density at radius 1 is 1.26 bits per heavy atom. The lowest BCUT2D eigenvalue weighted by molar-refractivity contribution is 0.321. The second-order valence-electron chi connectivity index (χ2n) is 4.81. The van der Waals surface area contributed by atoms with Gasteiger partial charge in [0.05, 0.1) is 17.3 Å². The number of thiazole rings is 1. The van der Waals surface area contributed by atoms with E-state index in [-0.39, 0.29) is 0 Å². The predicted molar refractivity (Wildman–Crippen MR) is 77.6 cm³/mol. The molecule has 1 fully saturated rings. The van der Waals surface area contributed by atoms with Crippen LogP contribution in [0.2, 0.25) is 0 Å². The third kappa shape index (κ3) is 3.14. The average molecular weight is 274 g/mol. The minimum atomic E-state index is 0.614. The molecule has 0 saturated heterocycles. The smallest absolute Gasteiger partial charge is 0.119 e. The average Bonchev–Trinajstić information content (AvgIpc) is 3.21. The van der Waals surface area contributed by atoms with Gasteiger partial charge in [-0.25, -0.2) is 4.98 Å². The topological polar surface area (TPSA) is 48.1 Å². The third-order valence-corrected chi connectivity index (χ3v) is 4.40. The molecule has 2 aromatic rings. The number of hydrogen-bond acceptors (Lipinski definition) is 4. The minimum Gasteiger partial charge on any atom is -0.493 e. The largest absolute Gasteiger partial charge is 0.493 e. The van der Waals surface area contributed by atoms with Gasteiger partial charge in [0, 0.05) is 23.8 Å². The molecule has 1 aliphatic rings. The van der Waals surface area contributed by atoms with Crippen molar-refractivity contribution < 1.29 is 4.74 Å². The highest BCUT2D eigenvalue weighted by Crippen LogP contribution is 2.42. The summed E-state index contributed by atoms with van der Waals surface area (Å²) in [6.07, 6.45) is 3.41. The number of hydrogen-bond donors (Lipinski definition) is 1. The van der Waals surface area contributed by atoms with Crippen molar-refractivity contribution in [3.05, 3.63) is 45.9 Å². The van der Waals surface area contributed by atoms with E-state index in [0.717, 1.165) is 17.2 Å². The summed E-state index contributed by atoms with van der Waals surface area (Å²) in [5, 5.41) is 1.15. The van der Waals surface area contributed by atoms with Gasteiger partial charge in [-0.2, -0.15) is 0 Å². The van der Waals surface area contributed by atoms with Crippen molar-refractivity contribution >= 4 is 11.3 Å². The molecule has 0 amide bonds. The molecule has 3 nitrogen and oxygen atoms in total. The molecule has 1 heterocycles. The normalized spacial score (nSPS) is 14.6. The molecule has 0 radical (unpaired) electrons. The highest BCUT2D eigenvalue weighted by Gasteiger charge is 2.29. The summed E-state index contributed by atoms with van der Waals surface area (Å²) in [5.41, 5.74) is 7.04. The van der Waals surface area contributed by atoms with E-state index in [4.69, 9.17) is 15.5 Å². The molecule has 1 aliphatic carbocycles. The van der Waals surface area contributed by atoms with Crippen LogP contribution in [0.5, 0.6) is 5.75 Å². The predicted octanol–water partition coefficient (Wildman–Crippen LogP) is 3.10. The number of ether oxygens (including phenoxy) is 1. The number of aromatic nitrogens is 1. The van der Waals surface area contributed by atoms with E-state index in [9.17, 15) is 0 Å². The van der Waals surface area contributed by atoms with Gasteiger partial charge in [0.1, 0.15) is 5.75 Å². The summed E-state index contributed by atoms with van der Waals surface area (Å²) in [6.45, 7) is 1.29. The van der Waals surface area contributed by atoms with Gasteiger partial charge < -0.3 is 10.5 Å². The number of benzene rings is 1. The first-order valence-corrected chi connectivity index (χ1v) is 7.55. The SMILES string of the molecule is NCc1sc(CCOc2ccccc2)nc1C1CC1. The molecule has 0 unspecified atom stereocenters. The monoisotopic (exact) mass is 274 g/mol. The Balaban J connectivity index is 1.58. The number of rotatable bonds is 6. The fourth-order valence-electron chi connectivity index (χ4n) is 2.12. The van der Waals surface area contributed by atoms with Crippen LogP contribution in [0.25, 0.3) is 0 Å². The molecule has 3 rings (SSSR count). The first-order chi connectivity index (χ1) is 9.36. The standard InChI is InChI=1S/C15H18N2OS/c16-10-13-15(11-6-7-11)17-14(19-13)8-9-18-12-4-2-1-3-5-12/h1-5,11H,6-10,16H2. The number of nitrogens with zero attached hydrogens (tertiary/aromatic N) is 1. The van der Waals surface area contributed by atoms with E-state index >= 15 is 0 Å². The Bertz CT molecular complexity index is 534. The lowest BCUT2D eigenvalue weighted by Gasteiger charge is -2.03. The van der Waals surface area contributed by atoms with Crippen molar-refractivity contribution in [3.8, 4) is 5.75 Å². The second kappa shape index (κ2) is 5.72. The summed E-state index contributed by atoms with van der Waals surface area (Å²) in [4.78, 5) is 5.99. The minimum absolute atomic E-state index is 0.614. The molecular formula is C15H18N2OS. The van der Waals surface area contributed by atoms with Crippen molar-refractivity contribution in [3.63, 3.8) is 0 Å². The maximum atomic E-state index is 5.79. The summed E-state index contributed by atoms with van der Waals surface area (Å²) in [6, 6.07) is 9.90. The molecule has 0 atom stereocenters. The highest BCUT2D eigenvalue weighted by molar-refractivity contribution is 7.11. The first kappa shape index (κ1) is 12.6. The molecule has 19 heavy (non-hydrogen) atoms. The maximum Gasteiger partial charge on any atom is 0.119 e. The fraction of sp³-hybridized carbons (Fsp3) is 0.400. The molecule has 0 aliphatic heterocycles. The van der Waals surface area contributed by atoms with E-state index in [1.807, 2.05) is 30.3 Å². The molecule has 100 valence electrons. The molecule has 0 bridgehead atoms. The van der Waals surface area contributed by atoms with Crippen LogP contribution >= 0.6 is 11.3 Å². The number of nitrogens with two attached hydrogens (primary N) is 1. The van der Waals surface area contributed by atoms with Crippen molar-refractivity contribution in [2.75, 3.05) is 6.61 Å². The van der Waals surface area contributed by atoms with E-state index < -0.39 is 0 Å². The zero-order valence-corrected chi connectivity index (χ0v) is 11.7. The van der Waals surface area contributed by atoms with Gasteiger partial charge in [-0.05, 0) is 25.0 Å². The Hall–Kier alpha value is -1.39. The summed E-state index contributed by atoms with van der Waals surface area (Å²) >= 11 is 1.75. The van der Waals surface area contributed by atoms with Crippen LogP contribution < -0.4 is 10.5 Å². The highest BCUT2D eigenvalue weighted by atomic mass is 32.1. The van der Waals surface area contributed by atoms with Crippen LogP contribution in [-0.4, -0.2) is 11.6 Å². The van der Waals surface area contributed by atoms with Crippen LogP contribution in [0.3, 0.4) is 0 Å². The molecule has 1 aromatic heterocycles. The Labute approximate surface area is 117 Å². The fourth-order valence-corrected chi connectivity index (χ4v) is 3.13. The van der Waals surface area contributed by atoms with Crippen molar-refractivity contribution in [2.45, 2.75) is 31.7 Å². The van der Waals surface area contributed by atoms with E-state index in [2.05, 4.69) is 0 Å². The lowest BCUT2D eigenvalue weighted by atomic mass is 10.2. The lowest BCUT2D eigenvalue weighted by Crippen LogP contribution is -2.01. The Morgan fingerprint density at radius 2 is 2.05 bits per heavy atom. The molecular weight excluding hydrogens is 256 g/mol. The van der Waals surface area contributed by atoms with E-state index in [1.54, 1.807) is 11.3 Å². The Kier molecular flexibility index (Phi) is 3.80. The van der Waals surface area contributed by atoms with Gasteiger partial charge in [0.25, 0.3) is 0 Å². The second-order valence-corrected chi connectivity index (χ2v) is 5.97. The molecule has 1 aromatic carbocycles. The van der Waals surface area contributed by atoms with E-state index in [1.165, 1.54) is 23.4 Å². The molecule has 4 heteroatoms. The number of para-hydroxylation sites is 1.